The molecular formula is C19H14ClN2+. The fraction of sp³-hybridized carbons (Fsp3) is 0.0526. The maximum atomic E-state index is 6.20. The third kappa shape index (κ3) is 2.32. The summed E-state index contributed by atoms with van der Waals surface area (Å²) in [5.41, 5.74) is 3.30. The van der Waals surface area contributed by atoms with E-state index in [1.165, 1.54) is 5.56 Å². The number of nitrogens with zero attached hydrogens (tertiary/aromatic N) is 2. The van der Waals surface area contributed by atoms with Gasteiger partial charge in [0.2, 0.25) is 5.52 Å². The van der Waals surface area contributed by atoms with Crippen molar-refractivity contribution >= 4 is 33.4 Å². The zero-order valence-electron chi connectivity index (χ0n) is 11.9. The molecule has 22 heavy (non-hydrogen) atoms. The van der Waals surface area contributed by atoms with E-state index in [9.17, 15) is 0 Å². The van der Waals surface area contributed by atoms with Gasteiger partial charge in [0.05, 0.1) is 5.39 Å². The first kappa shape index (κ1) is 13.2. The number of benzene rings is 3. The van der Waals surface area contributed by atoms with Crippen molar-refractivity contribution in [2.45, 2.75) is 6.54 Å². The highest BCUT2D eigenvalue weighted by atomic mass is 35.5. The van der Waals surface area contributed by atoms with Crippen molar-refractivity contribution < 1.29 is 4.68 Å². The summed E-state index contributed by atoms with van der Waals surface area (Å²) in [7, 11) is 0. The number of fused-ring (bicyclic) bond motifs is 3. The van der Waals surface area contributed by atoms with Gasteiger partial charge in [-0.25, -0.2) is 0 Å². The van der Waals surface area contributed by atoms with Crippen molar-refractivity contribution in [1.29, 1.82) is 0 Å². The fourth-order valence-corrected chi connectivity index (χ4v) is 2.97. The molecule has 0 unspecified atom stereocenters. The summed E-state index contributed by atoms with van der Waals surface area (Å²) in [6.07, 6.45) is 0. The highest BCUT2D eigenvalue weighted by molar-refractivity contribution is 6.31. The molecule has 1 aromatic heterocycles. The van der Waals surface area contributed by atoms with Crippen LogP contribution in [0, 0.1) is 0 Å². The van der Waals surface area contributed by atoms with Crippen LogP contribution in [0.1, 0.15) is 5.56 Å². The Kier molecular flexibility index (Phi) is 3.24. The quantitative estimate of drug-likeness (QED) is 0.397. The van der Waals surface area contributed by atoms with E-state index in [4.69, 9.17) is 16.7 Å². The maximum absolute atomic E-state index is 6.20. The van der Waals surface area contributed by atoms with Crippen LogP contribution in [0.2, 0.25) is 5.02 Å². The van der Waals surface area contributed by atoms with E-state index in [1.807, 2.05) is 47.1 Å². The minimum atomic E-state index is 0.740. The van der Waals surface area contributed by atoms with Crippen LogP contribution in [0.25, 0.3) is 21.8 Å². The molecule has 0 aliphatic rings. The smallest absolute Gasteiger partial charge is 0.0843 e. The molecule has 0 aliphatic carbocycles. The van der Waals surface area contributed by atoms with Crippen molar-refractivity contribution in [1.82, 2.24) is 5.10 Å². The van der Waals surface area contributed by atoms with E-state index >= 15 is 0 Å². The lowest BCUT2D eigenvalue weighted by Crippen LogP contribution is -2.39. The molecule has 0 amide bonds. The Morgan fingerprint density at radius 1 is 0.818 bits per heavy atom. The normalized spacial score (nSPS) is 11.1. The first-order chi connectivity index (χ1) is 10.8. The predicted octanol–water partition coefficient (Wildman–Crippen LogP) is 4.38. The minimum absolute atomic E-state index is 0.740. The van der Waals surface area contributed by atoms with Crippen LogP contribution < -0.4 is 4.68 Å². The molecule has 4 rings (SSSR count). The number of hydrogen-bond donors (Lipinski definition) is 0. The van der Waals surface area contributed by atoms with Gasteiger partial charge in [-0.1, -0.05) is 64.8 Å². The Morgan fingerprint density at radius 3 is 2.45 bits per heavy atom. The second-order valence-electron chi connectivity index (χ2n) is 5.32. The molecule has 0 spiro atoms. The largest absolute Gasteiger partial charge is 0.240 e. The molecule has 2 nitrogen and oxygen atoms in total. The van der Waals surface area contributed by atoms with Crippen LogP contribution in [0.3, 0.4) is 0 Å². The van der Waals surface area contributed by atoms with Crippen LogP contribution in [0.4, 0.5) is 0 Å². The molecule has 0 saturated heterocycles. The van der Waals surface area contributed by atoms with E-state index in [2.05, 4.69) is 30.3 Å². The monoisotopic (exact) mass is 305 g/mol. The molecule has 0 bridgehead atoms. The van der Waals surface area contributed by atoms with Crippen molar-refractivity contribution in [3.05, 3.63) is 83.4 Å². The number of halogens is 1. The average molecular weight is 306 g/mol. The summed E-state index contributed by atoms with van der Waals surface area (Å²) in [6.45, 7) is 0.740. The van der Waals surface area contributed by atoms with Gasteiger partial charge in [0.25, 0.3) is 0 Å². The summed E-state index contributed by atoms with van der Waals surface area (Å²) in [6, 6.07) is 24.5. The molecule has 0 saturated carbocycles. The van der Waals surface area contributed by atoms with E-state index in [1.54, 1.807) is 0 Å². The molecule has 4 aromatic rings. The summed E-state index contributed by atoms with van der Waals surface area (Å²) in [5.74, 6) is 0. The zero-order valence-corrected chi connectivity index (χ0v) is 12.7. The summed E-state index contributed by atoms with van der Waals surface area (Å²) >= 11 is 6.20. The van der Waals surface area contributed by atoms with Gasteiger partial charge in [0, 0.05) is 27.1 Å². The van der Waals surface area contributed by atoms with Crippen molar-refractivity contribution in [2.24, 2.45) is 0 Å². The first-order valence-corrected chi connectivity index (χ1v) is 7.61. The highest BCUT2D eigenvalue weighted by Crippen LogP contribution is 2.24. The molecule has 3 heteroatoms. The SMILES string of the molecule is Clc1ccc2c(c1)c1ccccc1n[n+]2Cc1ccccc1. The standard InChI is InChI=1S/C19H14ClN2/c20-15-10-11-19-17(12-15)16-8-4-5-9-18(16)21-22(19)13-14-6-2-1-3-7-14/h1-12H,13H2/q+1. The molecule has 3 aromatic carbocycles. The van der Waals surface area contributed by atoms with Crippen LogP contribution in [0.5, 0.6) is 0 Å². The Balaban J connectivity index is 2.00. The number of hydrogen-bond acceptors (Lipinski definition) is 1. The Morgan fingerprint density at radius 2 is 1.59 bits per heavy atom. The molecule has 0 radical (unpaired) electrons. The van der Waals surface area contributed by atoms with Gasteiger partial charge in [-0.2, -0.15) is 0 Å². The third-order valence-corrected chi connectivity index (χ3v) is 4.07. The topological polar surface area (TPSA) is 16.8 Å². The molecule has 1 heterocycles. The van der Waals surface area contributed by atoms with Gasteiger partial charge in [-0.3, -0.25) is 0 Å². The van der Waals surface area contributed by atoms with Crippen LogP contribution >= 0.6 is 11.6 Å². The highest BCUT2D eigenvalue weighted by Gasteiger charge is 2.16. The number of rotatable bonds is 2. The lowest BCUT2D eigenvalue weighted by Gasteiger charge is -2.04. The van der Waals surface area contributed by atoms with Gasteiger partial charge in [0.1, 0.15) is 5.52 Å². The third-order valence-electron chi connectivity index (χ3n) is 3.83. The Labute approximate surface area is 133 Å². The second-order valence-corrected chi connectivity index (χ2v) is 5.76. The van der Waals surface area contributed by atoms with Crippen molar-refractivity contribution in [3.8, 4) is 0 Å². The Hall–Kier alpha value is -2.45. The van der Waals surface area contributed by atoms with Crippen molar-refractivity contribution in [2.75, 3.05) is 0 Å². The van der Waals surface area contributed by atoms with Crippen LogP contribution in [0.15, 0.2) is 72.8 Å². The van der Waals surface area contributed by atoms with E-state index in [0.29, 0.717) is 0 Å². The molecule has 0 N–H and O–H groups in total. The van der Waals surface area contributed by atoms with E-state index in [0.717, 1.165) is 33.4 Å². The van der Waals surface area contributed by atoms with Gasteiger partial charge >= 0.3 is 0 Å². The maximum Gasteiger partial charge on any atom is 0.240 e. The van der Waals surface area contributed by atoms with E-state index in [-0.39, 0.29) is 0 Å². The lowest BCUT2D eigenvalue weighted by atomic mass is 10.1. The van der Waals surface area contributed by atoms with E-state index < -0.39 is 0 Å². The lowest BCUT2D eigenvalue weighted by molar-refractivity contribution is -0.719. The fourth-order valence-electron chi connectivity index (χ4n) is 2.80. The molecular weight excluding hydrogens is 292 g/mol. The van der Waals surface area contributed by atoms with Crippen molar-refractivity contribution in [3.63, 3.8) is 0 Å². The summed E-state index contributed by atoms with van der Waals surface area (Å²) < 4.78 is 2.04. The van der Waals surface area contributed by atoms with Crippen LogP contribution in [-0.4, -0.2) is 5.10 Å². The van der Waals surface area contributed by atoms with Gasteiger partial charge in [-0.15, -0.1) is 0 Å². The second kappa shape index (κ2) is 5.39. The molecule has 0 fully saturated rings. The molecule has 0 atom stereocenters. The summed E-state index contributed by atoms with van der Waals surface area (Å²) in [5, 5.41) is 7.81. The summed E-state index contributed by atoms with van der Waals surface area (Å²) in [4.78, 5) is 0. The van der Waals surface area contributed by atoms with Gasteiger partial charge in [0.15, 0.2) is 6.54 Å². The zero-order chi connectivity index (χ0) is 14.9. The molecule has 106 valence electrons. The van der Waals surface area contributed by atoms with Crippen LogP contribution in [-0.2, 0) is 6.54 Å². The van der Waals surface area contributed by atoms with Gasteiger partial charge < -0.3 is 0 Å². The number of aromatic nitrogens is 2. The minimum Gasteiger partial charge on any atom is -0.0843 e. The van der Waals surface area contributed by atoms with Gasteiger partial charge in [-0.05, 0) is 18.2 Å². The average Bonchev–Trinajstić information content (AvgIpc) is 2.56. The predicted molar refractivity (Wildman–Crippen MR) is 90.0 cm³/mol. The molecule has 0 aliphatic heterocycles. The first-order valence-electron chi connectivity index (χ1n) is 7.23. The Bertz CT molecular complexity index is 965.